The Kier molecular flexibility index (Phi) is 6.60. The second-order valence-electron chi connectivity index (χ2n) is 8.08. The molecule has 2 fully saturated rings. The maximum absolute atomic E-state index is 13.5. The third kappa shape index (κ3) is 5.10. The molecule has 2 saturated heterocycles. The quantitative estimate of drug-likeness (QED) is 0.572. The average molecular weight is 501 g/mol. The van der Waals surface area contributed by atoms with Crippen LogP contribution in [0.4, 0.5) is 18.7 Å². The molecule has 1 N–H and O–H groups in total. The number of nitrogens with zero attached hydrogens (tertiary/aromatic N) is 3. The normalized spacial score (nSPS) is 18.1. The number of anilines is 1. The van der Waals surface area contributed by atoms with Gasteiger partial charge in [0.15, 0.2) is 5.13 Å². The lowest BCUT2D eigenvalue weighted by Crippen LogP contribution is -2.51. The number of thiazole rings is 1. The van der Waals surface area contributed by atoms with Gasteiger partial charge in [-0.3, -0.25) is 9.69 Å². The van der Waals surface area contributed by atoms with Crippen LogP contribution in [0.5, 0.6) is 10.8 Å². The van der Waals surface area contributed by atoms with E-state index in [1.54, 1.807) is 17.0 Å². The molecule has 0 saturated carbocycles. The monoisotopic (exact) mass is 500 g/mol. The van der Waals surface area contributed by atoms with E-state index in [9.17, 15) is 18.4 Å². The second kappa shape index (κ2) is 9.96. The van der Waals surface area contributed by atoms with Crippen molar-refractivity contribution in [1.29, 1.82) is 0 Å². The molecule has 1 atom stereocenters. The smallest absolute Gasteiger partial charge is 0.318 e. The Morgan fingerprint density at radius 3 is 2.37 bits per heavy atom. The summed E-state index contributed by atoms with van der Waals surface area (Å²) in [6.45, 7) is 2.28. The number of ether oxygens (including phenoxy) is 2. The van der Waals surface area contributed by atoms with Crippen molar-refractivity contribution < 1.29 is 27.8 Å². The van der Waals surface area contributed by atoms with E-state index in [0.717, 1.165) is 11.3 Å². The topological polar surface area (TPSA) is 84.0 Å². The highest BCUT2D eigenvalue weighted by Crippen LogP contribution is 2.42. The maximum Gasteiger partial charge on any atom is 0.318 e. The van der Waals surface area contributed by atoms with Gasteiger partial charge in [-0.2, -0.15) is 0 Å². The highest BCUT2D eigenvalue weighted by atomic mass is 32.1. The van der Waals surface area contributed by atoms with Crippen LogP contribution in [0.15, 0.2) is 48.5 Å². The molecule has 2 aromatic carbocycles. The molecular formula is C24H22F2N4O4S. The molecule has 3 amide bonds. The van der Waals surface area contributed by atoms with Crippen LogP contribution in [0.1, 0.15) is 6.42 Å². The summed E-state index contributed by atoms with van der Waals surface area (Å²) < 4.78 is 38.0. The van der Waals surface area contributed by atoms with Crippen molar-refractivity contribution in [3.05, 3.63) is 60.2 Å². The van der Waals surface area contributed by atoms with E-state index in [1.165, 1.54) is 41.3 Å². The minimum absolute atomic E-state index is 0.264. The number of amides is 3. The standard InChI is InChI=1S/C24H22F2N4O4S/c25-16-3-1-15(2-4-16)20-22(34-18-7-5-17(26)6-8-18)35-24(28-20)30-10-9-19(21(30)31)27-23(32)29-11-13-33-14-12-29/h1-8,19H,9-14H2,(H,27,32). The molecule has 0 aliphatic carbocycles. The van der Waals surface area contributed by atoms with E-state index in [2.05, 4.69) is 10.3 Å². The molecule has 8 nitrogen and oxygen atoms in total. The van der Waals surface area contributed by atoms with Gasteiger partial charge in [-0.15, -0.1) is 0 Å². The van der Waals surface area contributed by atoms with Crippen LogP contribution in [0.2, 0.25) is 0 Å². The van der Waals surface area contributed by atoms with Gasteiger partial charge in [0.05, 0.1) is 13.2 Å². The van der Waals surface area contributed by atoms with Gasteiger partial charge in [0.2, 0.25) is 5.06 Å². The number of halogens is 2. The Morgan fingerprint density at radius 2 is 1.69 bits per heavy atom. The van der Waals surface area contributed by atoms with E-state index in [4.69, 9.17) is 9.47 Å². The summed E-state index contributed by atoms with van der Waals surface area (Å²) >= 11 is 1.15. The number of hydrogen-bond acceptors (Lipinski definition) is 6. The highest BCUT2D eigenvalue weighted by Gasteiger charge is 2.37. The Labute approximate surface area is 204 Å². The van der Waals surface area contributed by atoms with Crippen molar-refractivity contribution in [1.82, 2.24) is 15.2 Å². The van der Waals surface area contributed by atoms with E-state index >= 15 is 0 Å². The number of benzene rings is 2. The first kappa shape index (κ1) is 23.2. The van der Waals surface area contributed by atoms with Gasteiger partial charge in [0, 0.05) is 25.2 Å². The molecule has 3 aromatic rings. The lowest BCUT2D eigenvalue weighted by molar-refractivity contribution is -0.118. The van der Waals surface area contributed by atoms with Crippen molar-refractivity contribution in [2.24, 2.45) is 0 Å². The van der Waals surface area contributed by atoms with Gasteiger partial charge >= 0.3 is 6.03 Å². The van der Waals surface area contributed by atoms with Crippen LogP contribution in [0.3, 0.4) is 0 Å². The first-order valence-corrected chi connectivity index (χ1v) is 11.9. The summed E-state index contributed by atoms with van der Waals surface area (Å²) in [5.41, 5.74) is 1.04. The molecular weight excluding hydrogens is 478 g/mol. The first-order valence-electron chi connectivity index (χ1n) is 11.1. The summed E-state index contributed by atoms with van der Waals surface area (Å²) in [6, 6.07) is 10.3. The van der Waals surface area contributed by atoms with Crippen LogP contribution < -0.4 is 15.0 Å². The zero-order chi connectivity index (χ0) is 24.4. The maximum atomic E-state index is 13.5. The number of morpholine rings is 1. The Balaban J connectivity index is 1.38. The molecule has 0 radical (unpaired) electrons. The number of rotatable bonds is 5. The first-order chi connectivity index (χ1) is 17.0. The zero-order valence-electron chi connectivity index (χ0n) is 18.6. The number of carbonyl (C=O) groups excluding carboxylic acids is 2. The fourth-order valence-corrected chi connectivity index (χ4v) is 4.88. The summed E-state index contributed by atoms with van der Waals surface area (Å²) in [4.78, 5) is 33.4. The van der Waals surface area contributed by atoms with E-state index in [0.29, 0.717) is 66.5 Å². The minimum atomic E-state index is -0.662. The van der Waals surface area contributed by atoms with Crippen LogP contribution in [-0.2, 0) is 9.53 Å². The third-order valence-corrected chi connectivity index (χ3v) is 6.72. The molecule has 1 unspecified atom stereocenters. The van der Waals surface area contributed by atoms with E-state index < -0.39 is 17.7 Å². The minimum Gasteiger partial charge on any atom is -0.444 e. The van der Waals surface area contributed by atoms with Crippen molar-refractivity contribution in [2.75, 3.05) is 37.7 Å². The molecule has 182 valence electrons. The predicted molar refractivity (Wildman–Crippen MR) is 126 cm³/mol. The van der Waals surface area contributed by atoms with Gasteiger partial charge in [-0.05, 0) is 55.0 Å². The van der Waals surface area contributed by atoms with Crippen molar-refractivity contribution in [2.45, 2.75) is 12.5 Å². The van der Waals surface area contributed by atoms with Crippen LogP contribution in [-0.4, -0.2) is 60.7 Å². The van der Waals surface area contributed by atoms with Crippen molar-refractivity contribution in [3.63, 3.8) is 0 Å². The Bertz CT molecular complexity index is 1210. The molecule has 3 heterocycles. The van der Waals surface area contributed by atoms with Gasteiger partial charge in [0.25, 0.3) is 5.91 Å². The molecule has 0 bridgehead atoms. The van der Waals surface area contributed by atoms with Crippen molar-refractivity contribution >= 4 is 28.4 Å². The SMILES string of the molecule is O=C(NC1CCN(c2nc(-c3ccc(F)cc3)c(Oc3ccc(F)cc3)s2)C1=O)N1CCOCC1. The summed E-state index contributed by atoms with van der Waals surface area (Å²) in [7, 11) is 0. The van der Waals surface area contributed by atoms with Gasteiger partial charge < -0.3 is 19.7 Å². The van der Waals surface area contributed by atoms with E-state index in [1.807, 2.05) is 0 Å². The third-order valence-electron chi connectivity index (χ3n) is 5.76. The summed E-state index contributed by atoms with van der Waals surface area (Å²) in [5, 5.41) is 3.59. The van der Waals surface area contributed by atoms with Crippen LogP contribution >= 0.6 is 11.3 Å². The fourth-order valence-electron chi connectivity index (χ4n) is 3.89. The molecule has 2 aliphatic rings. The van der Waals surface area contributed by atoms with Gasteiger partial charge in [0.1, 0.15) is 29.1 Å². The molecule has 5 rings (SSSR count). The molecule has 2 aliphatic heterocycles. The zero-order valence-corrected chi connectivity index (χ0v) is 19.4. The van der Waals surface area contributed by atoms with E-state index in [-0.39, 0.29) is 11.9 Å². The summed E-state index contributed by atoms with van der Waals surface area (Å²) in [6.07, 6.45) is 0.439. The number of hydrogen-bond donors (Lipinski definition) is 1. The number of nitrogens with one attached hydrogen (secondary N) is 1. The van der Waals surface area contributed by atoms with Gasteiger partial charge in [-0.1, -0.05) is 11.3 Å². The van der Waals surface area contributed by atoms with Crippen LogP contribution in [0.25, 0.3) is 11.3 Å². The van der Waals surface area contributed by atoms with Crippen molar-refractivity contribution in [3.8, 4) is 22.1 Å². The Morgan fingerprint density at radius 1 is 1.03 bits per heavy atom. The second-order valence-corrected chi connectivity index (χ2v) is 9.02. The number of aromatic nitrogens is 1. The largest absolute Gasteiger partial charge is 0.444 e. The number of carbonyl (C=O) groups is 2. The molecule has 35 heavy (non-hydrogen) atoms. The molecule has 1 aromatic heterocycles. The van der Waals surface area contributed by atoms with Crippen LogP contribution in [0, 0.1) is 11.6 Å². The number of urea groups is 1. The van der Waals surface area contributed by atoms with Gasteiger partial charge in [-0.25, -0.2) is 18.6 Å². The summed E-state index contributed by atoms with van der Waals surface area (Å²) in [5.74, 6) is -0.652. The average Bonchev–Trinajstić information content (AvgIpc) is 3.45. The molecule has 0 spiro atoms. The Hall–Kier alpha value is -3.57. The lowest BCUT2D eigenvalue weighted by atomic mass is 10.2. The fraction of sp³-hybridized carbons (Fsp3) is 0.292. The molecule has 11 heteroatoms. The lowest BCUT2D eigenvalue weighted by Gasteiger charge is -2.28. The predicted octanol–water partition coefficient (Wildman–Crippen LogP) is 4.03. The highest BCUT2D eigenvalue weighted by molar-refractivity contribution is 7.18.